The van der Waals surface area contributed by atoms with E-state index < -0.39 is 5.92 Å². The highest BCUT2D eigenvalue weighted by Gasteiger charge is 2.23. The van der Waals surface area contributed by atoms with E-state index in [0.717, 1.165) is 12.5 Å². The van der Waals surface area contributed by atoms with Crippen molar-refractivity contribution >= 4 is 0 Å². The summed E-state index contributed by atoms with van der Waals surface area (Å²) in [4.78, 5) is 0. The Labute approximate surface area is 106 Å². The van der Waals surface area contributed by atoms with E-state index in [9.17, 15) is 8.78 Å². The molecular formula is C16H16F2. The predicted molar refractivity (Wildman–Crippen MR) is 70.0 cm³/mol. The highest BCUT2D eigenvalue weighted by Crippen LogP contribution is 2.29. The van der Waals surface area contributed by atoms with Gasteiger partial charge in [-0.25, -0.2) is 8.78 Å². The van der Waals surface area contributed by atoms with Crippen LogP contribution in [-0.2, 0) is 5.92 Å². The second kappa shape index (κ2) is 4.89. The summed E-state index contributed by atoms with van der Waals surface area (Å²) < 4.78 is 26.2. The van der Waals surface area contributed by atoms with Crippen LogP contribution in [0.1, 0.15) is 36.5 Å². The monoisotopic (exact) mass is 246 g/mol. The van der Waals surface area contributed by atoms with Crippen LogP contribution in [0.5, 0.6) is 0 Å². The molecule has 0 aliphatic carbocycles. The average molecular weight is 246 g/mol. The van der Waals surface area contributed by atoms with Gasteiger partial charge < -0.3 is 0 Å². The molecule has 2 rings (SSSR count). The Bertz CT molecular complexity index is 495. The molecule has 2 heteroatoms. The van der Waals surface area contributed by atoms with Gasteiger partial charge in [0.2, 0.25) is 0 Å². The maximum absolute atomic E-state index is 13.1. The second-order valence-corrected chi connectivity index (χ2v) is 4.64. The molecule has 0 saturated heterocycles. The molecule has 0 aliphatic heterocycles. The first kappa shape index (κ1) is 12.7. The van der Waals surface area contributed by atoms with Gasteiger partial charge in [0.15, 0.2) is 0 Å². The molecule has 0 amide bonds. The number of benzene rings is 2. The summed E-state index contributed by atoms with van der Waals surface area (Å²) in [6, 6.07) is 16.6. The summed E-state index contributed by atoms with van der Waals surface area (Å²) in [5, 5.41) is 0. The van der Waals surface area contributed by atoms with Gasteiger partial charge in [-0.05, 0) is 11.1 Å². The molecule has 0 aromatic heterocycles. The first-order valence-corrected chi connectivity index (χ1v) is 6.01. The summed E-state index contributed by atoms with van der Waals surface area (Å²) in [7, 11) is 0. The van der Waals surface area contributed by atoms with Crippen LogP contribution >= 0.6 is 0 Å². The molecule has 1 atom stereocenters. The summed E-state index contributed by atoms with van der Waals surface area (Å²) >= 11 is 0. The third-order valence-electron chi connectivity index (χ3n) is 3.22. The van der Waals surface area contributed by atoms with Crippen LogP contribution in [0.3, 0.4) is 0 Å². The molecule has 0 spiro atoms. The Morgan fingerprint density at radius 2 is 1.33 bits per heavy atom. The van der Waals surface area contributed by atoms with Crippen LogP contribution in [0, 0.1) is 0 Å². The highest BCUT2D eigenvalue weighted by molar-refractivity contribution is 5.34. The van der Waals surface area contributed by atoms with Crippen LogP contribution < -0.4 is 0 Å². The molecule has 0 saturated carbocycles. The van der Waals surface area contributed by atoms with Gasteiger partial charge >= 0.3 is 0 Å². The van der Waals surface area contributed by atoms with Gasteiger partial charge in [0.05, 0.1) is 0 Å². The first-order chi connectivity index (χ1) is 8.48. The quantitative estimate of drug-likeness (QED) is 0.718. The summed E-state index contributed by atoms with van der Waals surface area (Å²) in [6.07, 6.45) is 0. The van der Waals surface area contributed by atoms with Crippen molar-refractivity contribution in [2.24, 2.45) is 0 Å². The third-order valence-corrected chi connectivity index (χ3v) is 3.22. The van der Waals surface area contributed by atoms with E-state index in [2.05, 4.69) is 6.92 Å². The van der Waals surface area contributed by atoms with Crippen LogP contribution in [-0.4, -0.2) is 0 Å². The van der Waals surface area contributed by atoms with Crippen LogP contribution in [0.2, 0.25) is 0 Å². The maximum Gasteiger partial charge on any atom is 0.270 e. The lowest BCUT2D eigenvalue weighted by molar-refractivity contribution is 0.0174. The van der Waals surface area contributed by atoms with Crippen molar-refractivity contribution in [3.05, 3.63) is 71.3 Å². The molecule has 0 N–H and O–H groups in total. The molecule has 0 heterocycles. The minimum Gasteiger partial charge on any atom is -0.202 e. The summed E-state index contributed by atoms with van der Waals surface area (Å²) in [5.41, 5.74) is 2.30. The number of rotatable bonds is 3. The number of alkyl halides is 2. The minimum atomic E-state index is -2.77. The third kappa shape index (κ3) is 2.76. The van der Waals surface area contributed by atoms with Crippen molar-refractivity contribution in [3.8, 4) is 0 Å². The van der Waals surface area contributed by atoms with E-state index in [1.54, 1.807) is 12.1 Å². The fraction of sp³-hybridized carbons (Fsp3) is 0.250. The SMILES string of the molecule is CC(c1ccccc1)c1ccc(C(C)(F)F)cc1. The standard InChI is InChI=1S/C16H16F2/c1-12(13-6-4-3-5-7-13)14-8-10-15(11-9-14)16(2,17)18/h3-12H,1-2H3. The zero-order valence-corrected chi connectivity index (χ0v) is 10.5. The van der Waals surface area contributed by atoms with E-state index >= 15 is 0 Å². The Morgan fingerprint density at radius 3 is 1.83 bits per heavy atom. The minimum absolute atomic E-state index is 0.0616. The molecule has 2 aromatic carbocycles. The first-order valence-electron chi connectivity index (χ1n) is 6.01. The maximum atomic E-state index is 13.1. The molecule has 0 aliphatic rings. The van der Waals surface area contributed by atoms with E-state index in [4.69, 9.17) is 0 Å². The van der Waals surface area contributed by atoms with Crippen molar-refractivity contribution in [1.82, 2.24) is 0 Å². The van der Waals surface area contributed by atoms with Gasteiger partial charge in [0.25, 0.3) is 5.92 Å². The van der Waals surface area contributed by atoms with E-state index in [-0.39, 0.29) is 11.5 Å². The molecular weight excluding hydrogens is 230 g/mol. The molecule has 2 aromatic rings. The van der Waals surface area contributed by atoms with Gasteiger partial charge in [0.1, 0.15) is 0 Å². The Kier molecular flexibility index (Phi) is 3.46. The smallest absolute Gasteiger partial charge is 0.202 e. The van der Waals surface area contributed by atoms with Crippen molar-refractivity contribution < 1.29 is 8.78 Å². The lowest BCUT2D eigenvalue weighted by atomic mass is 9.92. The molecule has 94 valence electrons. The zero-order chi connectivity index (χ0) is 13.2. The molecule has 0 radical (unpaired) electrons. The predicted octanol–water partition coefficient (Wildman–Crippen LogP) is 4.95. The van der Waals surface area contributed by atoms with Crippen molar-refractivity contribution in [2.75, 3.05) is 0 Å². The number of hydrogen-bond donors (Lipinski definition) is 0. The zero-order valence-electron chi connectivity index (χ0n) is 10.5. The highest BCUT2D eigenvalue weighted by atomic mass is 19.3. The lowest BCUT2D eigenvalue weighted by Gasteiger charge is -2.15. The average Bonchev–Trinajstić information content (AvgIpc) is 2.38. The molecule has 0 fully saturated rings. The van der Waals surface area contributed by atoms with Crippen molar-refractivity contribution in [2.45, 2.75) is 25.7 Å². The Hall–Kier alpha value is -1.70. The van der Waals surface area contributed by atoms with Crippen LogP contribution in [0.15, 0.2) is 54.6 Å². The van der Waals surface area contributed by atoms with E-state index in [1.807, 2.05) is 30.3 Å². The van der Waals surface area contributed by atoms with E-state index in [1.165, 1.54) is 17.7 Å². The molecule has 0 bridgehead atoms. The summed E-state index contributed by atoms with van der Waals surface area (Å²) in [5.74, 6) is -2.56. The normalized spacial score (nSPS) is 13.3. The molecule has 0 nitrogen and oxygen atoms in total. The number of hydrogen-bond acceptors (Lipinski definition) is 0. The Balaban J connectivity index is 2.25. The van der Waals surface area contributed by atoms with Crippen molar-refractivity contribution in [3.63, 3.8) is 0 Å². The molecule has 1 unspecified atom stereocenters. The molecule has 18 heavy (non-hydrogen) atoms. The van der Waals surface area contributed by atoms with E-state index in [0.29, 0.717) is 0 Å². The lowest BCUT2D eigenvalue weighted by Crippen LogP contribution is -2.07. The number of halogens is 2. The van der Waals surface area contributed by atoms with Crippen LogP contribution in [0.25, 0.3) is 0 Å². The van der Waals surface area contributed by atoms with Gasteiger partial charge in [-0.15, -0.1) is 0 Å². The van der Waals surface area contributed by atoms with Gasteiger partial charge in [0, 0.05) is 18.4 Å². The fourth-order valence-electron chi connectivity index (χ4n) is 2.00. The largest absolute Gasteiger partial charge is 0.270 e. The fourth-order valence-corrected chi connectivity index (χ4v) is 2.00. The Morgan fingerprint density at radius 1 is 0.833 bits per heavy atom. The summed E-state index contributed by atoms with van der Waals surface area (Å²) in [6.45, 7) is 3.00. The van der Waals surface area contributed by atoms with Gasteiger partial charge in [-0.2, -0.15) is 0 Å². The van der Waals surface area contributed by atoms with Crippen LogP contribution in [0.4, 0.5) is 8.78 Å². The van der Waals surface area contributed by atoms with Gasteiger partial charge in [-0.3, -0.25) is 0 Å². The second-order valence-electron chi connectivity index (χ2n) is 4.64. The topological polar surface area (TPSA) is 0 Å². The van der Waals surface area contributed by atoms with Gasteiger partial charge in [-0.1, -0.05) is 61.5 Å². The van der Waals surface area contributed by atoms with Crippen molar-refractivity contribution in [1.29, 1.82) is 0 Å².